The van der Waals surface area contributed by atoms with Gasteiger partial charge in [-0.1, -0.05) is 6.07 Å². The molecule has 5 nitrogen and oxygen atoms in total. The number of rotatable bonds is 5. The van der Waals surface area contributed by atoms with E-state index in [4.69, 9.17) is 9.47 Å². The summed E-state index contributed by atoms with van der Waals surface area (Å²) in [6.45, 7) is 0. The zero-order valence-electron chi connectivity index (χ0n) is 12.5. The highest BCUT2D eigenvalue weighted by molar-refractivity contribution is 7.20. The molecule has 0 spiro atoms. The summed E-state index contributed by atoms with van der Waals surface area (Å²) < 4.78 is 10.4. The van der Waals surface area contributed by atoms with E-state index >= 15 is 0 Å². The van der Waals surface area contributed by atoms with Crippen molar-refractivity contribution in [2.75, 3.05) is 19.5 Å². The van der Waals surface area contributed by atoms with Crippen LogP contribution in [0.5, 0.6) is 11.5 Å². The van der Waals surface area contributed by atoms with Gasteiger partial charge in [0.2, 0.25) is 0 Å². The molecule has 0 atom stereocenters. The Kier molecular flexibility index (Phi) is 4.59. The number of nitrogens with one attached hydrogen (secondary N) is 1. The monoisotopic (exact) mass is 346 g/mol. The van der Waals surface area contributed by atoms with Crippen LogP contribution in [0, 0.1) is 0 Å². The Labute approximate surface area is 141 Å². The van der Waals surface area contributed by atoms with Gasteiger partial charge < -0.3 is 14.8 Å². The number of carbonyl (C=O) groups is 1. The van der Waals surface area contributed by atoms with Crippen molar-refractivity contribution >= 4 is 34.3 Å². The summed E-state index contributed by atoms with van der Waals surface area (Å²) >= 11 is 3.04. The average Bonchev–Trinajstić information content (AvgIpc) is 3.25. The fourth-order valence-corrected chi connectivity index (χ4v) is 3.60. The maximum absolute atomic E-state index is 12.4. The van der Waals surface area contributed by atoms with Crippen LogP contribution in [0.4, 0.5) is 5.69 Å². The highest BCUT2D eigenvalue weighted by atomic mass is 32.1. The molecule has 2 heterocycles. The van der Waals surface area contributed by atoms with Crippen molar-refractivity contribution in [3.05, 3.63) is 46.8 Å². The second-order valence-electron chi connectivity index (χ2n) is 4.54. The fourth-order valence-electron chi connectivity index (χ4n) is 1.99. The predicted molar refractivity (Wildman–Crippen MR) is 92.9 cm³/mol. The number of amides is 1. The Morgan fingerprint density at radius 3 is 2.74 bits per heavy atom. The van der Waals surface area contributed by atoms with E-state index < -0.39 is 0 Å². The van der Waals surface area contributed by atoms with Crippen LogP contribution >= 0.6 is 22.7 Å². The van der Waals surface area contributed by atoms with Crippen molar-refractivity contribution in [2.45, 2.75) is 0 Å². The first-order valence-electron chi connectivity index (χ1n) is 6.74. The minimum absolute atomic E-state index is 0.282. The maximum atomic E-state index is 12.4. The third kappa shape index (κ3) is 3.35. The summed E-state index contributed by atoms with van der Waals surface area (Å²) in [6, 6.07) is 9.17. The molecule has 7 heteroatoms. The maximum Gasteiger partial charge on any atom is 0.275 e. The summed E-state index contributed by atoms with van der Waals surface area (Å²) in [4.78, 5) is 17.8. The van der Waals surface area contributed by atoms with E-state index in [1.54, 1.807) is 49.1 Å². The van der Waals surface area contributed by atoms with Gasteiger partial charge in [0, 0.05) is 11.4 Å². The van der Waals surface area contributed by atoms with Gasteiger partial charge in [-0.2, -0.15) is 0 Å². The van der Waals surface area contributed by atoms with Crippen molar-refractivity contribution in [3.8, 4) is 21.4 Å². The van der Waals surface area contributed by atoms with Crippen LogP contribution in [-0.2, 0) is 0 Å². The van der Waals surface area contributed by atoms with Crippen molar-refractivity contribution in [1.29, 1.82) is 0 Å². The van der Waals surface area contributed by atoms with E-state index in [2.05, 4.69) is 10.3 Å². The molecule has 118 valence electrons. The molecule has 1 aromatic carbocycles. The number of thiazole rings is 1. The lowest BCUT2D eigenvalue weighted by atomic mass is 10.2. The lowest BCUT2D eigenvalue weighted by molar-refractivity contribution is 0.102. The number of thiophene rings is 1. The Morgan fingerprint density at radius 1 is 1.17 bits per heavy atom. The minimum Gasteiger partial charge on any atom is -0.497 e. The van der Waals surface area contributed by atoms with Crippen molar-refractivity contribution in [2.24, 2.45) is 0 Å². The second kappa shape index (κ2) is 6.80. The van der Waals surface area contributed by atoms with E-state index in [-0.39, 0.29) is 5.91 Å². The van der Waals surface area contributed by atoms with Crippen molar-refractivity contribution < 1.29 is 14.3 Å². The van der Waals surface area contributed by atoms with Gasteiger partial charge in [0.15, 0.2) is 0 Å². The van der Waals surface area contributed by atoms with Gasteiger partial charge >= 0.3 is 0 Å². The van der Waals surface area contributed by atoms with Gasteiger partial charge in [-0.15, -0.1) is 22.7 Å². The number of ether oxygens (including phenoxy) is 2. The van der Waals surface area contributed by atoms with Gasteiger partial charge in [0.05, 0.1) is 24.8 Å². The third-order valence-electron chi connectivity index (χ3n) is 3.12. The normalized spacial score (nSPS) is 10.3. The number of nitrogens with zero attached hydrogens (tertiary/aromatic N) is 1. The van der Waals surface area contributed by atoms with Crippen LogP contribution in [-0.4, -0.2) is 25.1 Å². The van der Waals surface area contributed by atoms with Crippen LogP contribution in [0.2, 0.25) is 0 Å². The largest absolute Gasteiger partial charge is 0.497 e. The SMILES string of the molecule is COc1ccc(OC)c(NC(=O)c2csc(-c3cccs3)n2)c1. The molecular formula is C16H14N2O3S2. The first-order chi connectivity index (χ1) is 11.2. The zero-order chi connectivity index (χ0) is 16.2. The fraction of sp³-hybridized carbons (Fsp3) is 0.125. The zero-order valence-corrected chi connectivity index (χ0v) is 14.2. The molecule has 1 amide bonds. The number of methoxy groups -OCH3 is 2. The van der Waals surface area contributed by atoms with Crippen LogP contribution in [0.15, 0.2) is 41.1 Å². The molecule has 0 bridgehead atoms. The number of hydrogen-bond donors (Lipinski definition) is 1. The number of anilines is 1. The molecule has 0 aliphatic heterocycles. The predicted octanol–water partition coefficient (Wildman–Crippen LogP) is 4.14. The van der Waals surface area contributed by atoms with E-state index in [0.29, 0.717) is 22.9 Å². The molecule has 0 saturated heterocycles. The smallest absolute Gasteiger partial charge is 0.275 e. The van der Waals surface area contributed by atoms with Crippen molar-refractivity contribution in [1.82, 2.24) is 4.98 Å². The van der Waals surface area contributed by atoms with Crippen LogP contribution in [0.25, 0.3) is 9.88 Å². The molecule has 0 aliphatic carbocycles. The molecule has 23 heavy (non-hydrogen) atoms. The van der Waals surface area contributed by atoms with Crippen LogP contribution in [0.1, 0.15) is 10.5 Å². The van der Waals surface area contributed by atoms with Crippen LogP contribution in [0.3, 0.4) is 0 Å². The Balaban J connectivity index is 1.82. The molecule has 3 aromatic rings. The summed E-state index contributed by atoms with van der Waals surface area (Å²) in [5.41, 5.74) is 0.922. The first-order valence-corrected chi connectivity index (χ1v) is 8.50. The number of aromatic nitrogens is 1. The molecule has 0 radical (unpaired) electrons. The van der Waals surface area contributed by atoms with E-state index in [9.17, 15) is 4.79 Å². The van der Waals surface area contributed by atoms with Crippen LogP contribution < -0.4 is 14.8 Å². The van der Waals surface area contributed by atoms with Gasteiger partial charge in [-0.05, 0) is 23.6 Å². The summed E-state index contributed by atoms with van der Waals surface area (Å²) in [5, 5.41) is 7.38. The topological polar surface area (TPSA) is 60.5 Å². The highest BCUT2D eigenvalue weighted by Gasteiger charge is 2.15. The Morgan fingerprint density at radius 2 is 2.04 bits per heavy atom. The first kappa shape index (κ1) is 15.5. The Hall–Kier alpha value is -2.38. The van der Waals surface area contributed by atoms with Gasteiger partial charge in [-0.25, -0.2) is 4.98 Å². The minimum atomic E-state index is -0.282. The second-order valence-corrected chi connectivity index (χ2v) is 6.34. The standard InChI is InChI=1S/C16H14N2O3S2/c1-20-10-5-6-13(21-2)11(8-10)17-15(19)12-9-23-16(18-12)14-4-3-7-22-14/h3-9H,1-2H3,(H,17,19). The van der Waals surface area contributed by atoms with Gasteiger partial charge in [-0.3, -0.25) is 4.79 Å². The lowest BCUT2D eigenvalue weighted by Crippen LogP contribution is -2.13. The van der Waals surface area contributed by atoms with E-state index in [1.807, 2.05) is 17.5 Å². The molecule has 3 rings (SSSR count). The molecule has 1 N–H and O–H groups in total. The summed E-state index contributed by atoms with van der Waals surface area (Å²) in [7, 11) is 3.12. The molecule has 0 unspecified atom stereocenters. The van der Waals surface area contributed by atoms with Crippen molar-refractivity contribution in [3.63, 3.8) is 0 Å². The number of carbonyl (C=O) groups excluding carboxylic acids is 1. The molecular weight excluding hydrogens is 332 g/mol. The molecule has 0 saturated carbocycles. The number of hydrogen-bond acceptors (Lipinski definition) is 6. The molecule has 0 fully saturated rings. The van der Waals surface area contributed by atoms with Gasteiger partial charge in [0.1, 0.15) is 22.2 Å². The third-order valence-corrected chi connectivity index (χ3v) is 5.00. The summed E-state index contributed by atoms with van der Waals surface area (Å²) in [5.74, 6) is 0.919. The quantitative estimate of drug-likeness (QED) is 0.754. The highest BCUT2D eigenvalue weighted by Crippen LogP contribution is 2.31. The molecule has 0 aliphatic rings. The van der Waals surface area contributed by atoms with E-state index in [0.717, 1.165) is 9.88 Å². The lowest BCUT2D eigenvalue weighted by Gasteiger charge is -2.10. The molecule has 2 aromatic heterocycles. The number of benzene rings is 1. The van der Waals surface area contributed by atoms with Gasteiger partial charge in [0.25, 0.3) is 5.91 Å². The average molecular weight is 346 g/mol. The Bertz CT molecular complexity index is 813. The van der Waals surface area contributed by atoms with E-state index in [1.165, 1.54) is 11.3 Å². The summed E-state index contributed by atoms with van der Waals surface area (Å²) in [6.07, 6.45) is 0.